The summed E-state index contributed by atoms with van der Waals surface area (Å²) in [4.78, 5) is 24.1. The van der Waals surface area contributed by atoms with Gasteiger partial charge in [-0.25, -0.2) is 9.97 Å². The summed E-state index contributed by atoms with van der Waals surface area (Å²) >= 11 is 0. The summed E-state index contributed by atoms with van der Waals surface area (Å²) in [5.41, 5.74) is 3.32. The minimum atomic E-state index is -0.118. The zero-order valence-corrected chi connectivity index (χ0v) is 18.8. The molecule has 1 aliphatic rings. The second kappa shape index (κ2) is 9.06. The van der Waals surface area contributed by atoms with Crippen LogP contribution in [-0.2, 0) is 11.3 Å². The predicted octanol–water partition coefficient (Wildman–Crippen LogP) is 3.87. The minimum Gasteiger partial charge on any atom is -0.380 e. The molecule has 1 N–H and O–H groups in total. The van der Waals surface area contributed by atoms with E-state index in [2.05, 4.69) is 40.8 Å². The molecule has 3 heterocycles. The summed E-state index contributed by atoms with van der Waals surface area (Å²) in [6.07, 6.45) is 4.31. The van der Waals surface area contributed by atoms with E-state index in [0.29, 0.717) is 37.4 Å². The number of hydrogen-bond donors (Lipinski definition) is 1. The maximum atomic E-state index is 12.1. The highest BCUT2D eigenvalue weighted by atomic mass is 16.5. The Bertz CT molecular complexity index is 1050. The molecule has 1 saturated heterocycles. The minimum absolute atomic E-state index is 0.118. The molecular weight excluding hydrogens is 390 g/mol. The molecular formula is C24H31N5O2. The van der Waals surface area contributed by atoms with Gasteiger partial charge in [-0.1, -0.05) is 0 Å². The van der Waals surface area contributed by atoms with E-state index in [0.717, 1.165) is 28.2 Å². The molecule has 2 aromatic heterocycles. The number of carbonyl (C=O) groups excluding carboxylic acids is 1. The summed E-state index contributed by atoms with van der Waals surface area (Å²) in [5, 5.41) is 2.67. The van der Waals surface area contributed by atoms with Crippen molar-refractivity contribution in [3.63, 3.8) is 0 Å². The molecule has 7 nitrogen and oxygen atoms in total. The quantitative estimate of drug-likeness (QED) is 0.587. The van der Waals surface area contributed by atoms with E-state index in [1.54, 1.807) is 7.05 Å². The normalized spacial score (nSPS) is 18.6. The number of nitrogens with zero attached hydrogens (tertiary/aromatic N) is 4. The average molecular weight is 422 g/mol. The number of anilines is 1. The molecule has 2 atom stereocenters. The zero-order valence-electron chi connectivity index (χ0n) is 18.8. The highest BCUT2D eigenvalue weighted by Crippen LogP contribution is 2.31. The van der Waals surface area contributed by atoms with Gasteiger partial charge in [-0.05, 0) is 63.9 Å². The van der Waals surface area contributed by atoms with Crippen LogP contribution in [0.15, 0.2) is 36.5 Å². The topological polar surface area (TPSA) is 72.3 Å². The van der Waals surface area contributed by atoms with Crippen molar-refractivity contribution in [1.29, 1.82) is 0 Å². The maximum Gasteiger partial charge on any atom is 0.251 e. The van der Waals surface area contributed by atoms with Gasteiger partial charge in [0.05, 0.1) is 17.6 Å². The summed E-state index contributed by atoms with van der Waals surface area (Å²) in [6.45, 7) is 8.46. The van der Waals surface area contributed by atoms with Gasteiger partial charge in [0, 0.05) is 49.6 Å². The zero-order chi connectivity index (χ0) is 22.0. The number of amides is 1. The van der Waals surface area contributed by atoms with Gasteiger partial charge in [-0.3, -0.25) is 4.79 Å². The van der Waals surface area contributed by atoms with Crippen molar-refractivity contribution >= 4 is 22.8 Å². The molecule has 0 aliphatic carbocycles. The van der Waals surface area contributed by atoms with Gasteiger partial charge in [0.2, 0.25) is 0 Å². The number of imidazole rings is 1. The van der Waals surface area contributed by atoms with E-state index in [9.17, 15) is 4.79 Å². The maximum absolute atomic E-state index is 12.1. The van der Waals surface area contributed by atoms with Crippen molar-refractivity contribution < 1.29 is 9.53 Å². The van der Waals surface area contributed by atoms with Crippen LogP contribution >= 0.6 is 0 Å². The molecule has 1 aliphatic heterocycles. The number of nitrogens with one attached hydrogen (secondary N) is 1. The van der Waals surface area contributed by atoms with Crippen LogP contribution in [0.5, 0.6) is 0 Å². The van der Waals surface area contributed by atoms with Crippen LogP contribution in [0.4, 0.5) is 5.82 Å². The van der Waals surface area contributed by atoms with Gasteiger partial charge >= 0.3 is 0 Å². The smallest absolute Gasteiger partial charge is 0.251 e. The van der Waals surface area contributed by atoms with Crippen LogP contribution in [0, 0.1) is 0 Å². The molecule has 3 aromatic rings. The van der Waals surface area contributed by atoms with E-state index in [4.69, 9.17) is 14.7 Å². The summed E-state index contributed by atoms with van der Waals surface area (Å²) < 4.78 is 7.75. The fourth-order valence-electron chi connectivity index (χ4n) is 4.48. The average Bonchev–Trinajstić information content (AvgIpc) is 3.32. The monoisotopic (exact) mass is 421 g/mol. The third kappa shape index (κ3) is 4.14. The lowest BCUT2D eigenvalue weighted by molar-refractivity contribution is 0.0963. The van der Waals surface area contributed by atoms with Gasteiger partial charge in [-0.2, -0.15) is 0 Å². The predicted molar refractivity (Wildman–Crippen MR) is 123 cm³/mol. The first-order valence-corrected chi connectivity index (χ1v) is 11.1. The molecule has 31 heavy (non-hydrogen) atoms. The van der Waals surface area contributed by atoms with E-state index in [1.807, 2.05) is 31.3 Å². The Morgan fingerprint density at radius 2 is 1.97 bits per heavy atom. The van der Waals surface area contributed by atoms with Crippen molar-refractivity contribution in [2.75, 3.05) is 25.2 Å². The van der Waals surface area contributed by atoms with E-state index in [1.165, 1.54) is 12.8 Å². The Morgan fingerprint density at radius 3 is 2.61 bits per heavy atom. The molecule has 0 spiro atoms. The molecule has 1 amide bonds. The van der Waals surface area contributed by atoms with Crippen LogP contribution in [-0.4, -0.2) is 52.8 Å². The number of benzene rings is 1. The molecule has 7 heteroatoms. The SMILES string of the molecule is CCOCCn1c(-c2ccc(N3[C@@H](C)CC[C@@H]3C)nc2)nc2cc(C(=O)NC)ccc21. The second-order valence-corrected chi connectivity index (χ2v) is 8.15. The number of ether oxygens (including phenoxy) is 1. The Labute approximate surface area is 183 Å². The van der Waals surface area contributed by atoms with Crippen LogP contribution in [0.25, 0.3) is 22.4 Å². The Kier molecular flexibility index (Phi) is 6.23. The largest absolute Gasteiger partial charge is 0.380 e. The van der Waals surface area contributed by atoms with E-state index >= 15 is 0 Å². The molecule has 4 rings (SSSR count). The van der Waals surface area contributed by atoms with Gasteiger partial charge in [0.25, 0.3) is 5.91 Å². The van der Waals surface area contributed by atoms with Crippen molar-refractivity contribution in [1.82, 2.24) is 19.9 Å². The van der Waals surface area contributed by atoms with Crippen LogP contribution in [0.1, 0.15) is 44.0 Å². The summed E-state index contributed by atoms with van der Waals surface area (Å²) in [5.74, 6) is 1.73. The number of pyridine rings is 1. The lowest BCUT2D eigenvalue weighted by Crippen LogP contribution is -2.33. The molecule has 0 saturated carbocycles. The number of carbonyl (C=O) groups is 1. The number of hydrogen-bond acceptors (Lipinski definition) is 5. The van der Waals surface area contributed by atoms with Gasteiger partial charge in [0.1, 0.15) is 11.6 Å². The third-order valence-corrected chi connectivity index (χ3v) is 6.12. The van der Waals surface area contributed by atoms with Crippen molar-refractivity contribution in [3.8, 4) is 11.4 Å². The third-order valence-electron chi connectivity index (χ3n) is 6.12. The number of aromatic nitrogens is 3. The van der Waals surface area contributed by atoms with Crippen LogP contribution < -0.4 is 10.2 Å². The first-order valence-electron chi connectivity index (χ1n) is 11.1. The Morgan fingerprint density at radius 1 is 1.19 bits per heavy atom. The summed E-state index contributed by atoms with van der Waals surface area (Å²) in [6, 6.07) is 10.8. The molecule has 0 bridgehead atoms. The fourth-order valence-corrected chi connectivity index (χ4v) is 4.48. The first kappa shape index (κ1) is 21.3. The lowest BCUT2D eigenvalue weighted by Gasteiger charge is -2.27. The molecule has 0 radical (unpaired) electrons. The van der Waals surface area contributed by atoms with Gasteiger partial charge in [-0.15, -0.1) is 0 Å². The van der Waals surface area contributed by atoms with E-state index < -0.39 is 0 Å². The highest BCUT2D eigenvalue weighted by Gasteiger charge is 2.28. The van der Waals surface area contributed by atoms with Crippen molar-refractivity contribution in [2.45, 2.75) is 52.2 Å². The molecule has 0 unspecified atom stereocenters. The number of fused-ring (bicyclic) bond motifs is 1. The molecule has 1 fully saturated rings. The highest BCUT2D eigenvalue weighted by molar-refractivity contribution is 5.97. The van der Waals surface area contributed by atoms with Crippen molar-refractivity contribution in [3.05, 3.63) is 42.1 Å². The molecule has 164 valence electrons. The van der Waals surface area contributed by atoms with Gasteiger partial charge < -0.3 is 19.5 Å². The van der Waals surface area contributed by atoms with Gasteiger partial charge in [0.15, 0.2) is 0 Å². The van der Waals surface area contributed by atoms with Crippen LogP contribution in [0.2, 0.25) is 0 Å². The lowest BCUT2D eigenvalue weighted by atomic mass is 10.2. The standard InChI is InChI=1S/C24H31N5O2/c1-5-31-13-12-28-21-10-8-18(24(30)25-4)14-20(21)27-23(28)19-9-11-22(26-15-19)29-16(2)6-7-17(29)3/h8-11,14-17H,5-7,12-13H2,1-4H3,(H,25,30)/t16-,17-/m0/s1. The number of rotatable bonds is 7. The Hall–Kier alpha value is -2.93. The summed E-state index contributed by atoms with van der Waals surface area (Å²) in [7, 11) is 1.63. The fraction of sp³-hybridized carbons (Fsp3) is 0.458. The Balaban J connectivity index is 1.72. The van der Waals surface area contributed by atoms with E-state index in [-0.39, 0.29) is 5.91 Å². The van der Waals surface area contributed by atoms with Crippen LogP contribution in [0.3, 0.4) is 0 Å². The van der Waals surface area contributed by atoms with Crippen molar-refractivity contribution in [2.24, 2.45) is 0 Å². The molecule has 1 aromatic carbocycles. The first-order chi connectivity index (χ1) is 15.0. The second-order valence-electron chi connectivity index (χ2n) is 8.15.